The highest BCUT2D eigenvalue weighted by Gasteiger charge is 2.26. The number of nitrogens with one attached hydrogen (secondary N) is 1. The number of hydrogen-bond acceptors (Lipinski definition) is 6. The van der Waals surface area contributed by atoms with Crippen LogP contribution in [0.5, 0.6) is 0 Å². The fourth-order valence-electron chi connectivity index (χ4n) is 6.42. The second kappa shape index (κ2) is 12.4. The minimum atomic E-state index is -4.04. The van der Waals surface area contributed by atoms with E-state index in [2.05, 4.69) is 15.4 Å². The third-order valence-electron chi connectivity index (χ3n) is 8.71. The highest BCUT2D eigenvalue weighted by atomic mass is 35.5. The van der Waals surface area contributed by atoms with E-state index in [1.54, 1.807) is 22.2 Å². The molecule has 1 amide bonds. The number of para-hydroxylation sites is 2. The van der Waals surface area contributed by atoms with E-state index in [1.807, 2.05) is 54.0 Å². The van der Waals surface area contributed by atoms with Gasteiger partial charge in [-0.05, 0) is 88.3 Å². The molecule has 1 aliphatic carbocycles. The molecule has 0 spiro atoms. The van der Waals surface area contributed by atoms with Crippen LogP contribution in [0.25, 0.3) is 27.6 Å². The van der Waals surface area contributed by atoms with E-state index in [0.717, 1.165) is 59.0 Å². The zero-order valence-electron chi connectivity index (χ0n) is 25.1. The number of amides is 1. The summed E-state index contributed by atoms with van der Waals surface area (Å²) in [7, 11) is -4.04. The van der Waals surface area contributed by atoms with Crippen molar-refractivity contribution in [3.05, 3.63) is 87.2 Å². The van der Waals surface area contributed by atoms with Gasteiger partial charge in [0.25, 0.3) is 16.0 Å². The Morgan fingerprint density at radius 3 is 2.49 bits per heavy atom. The van der Waals surface area contributed by atoms with Crippen LogP contribution >= 0.6 is 11.6 Å². The van der Waals surface area contributed by atoms with Crippen molar-refractivity contribution in [3.63, 3.8) is 0 Å². The third kappa shape index (κ3) is 6.54. The van der Waals surface area contributed by atoms with Crippen LogP contribution in [0.1, 0.15) is 53.8 Å². The Labute approximate surface area is 265 Å². The van der Waals surface area contributed by atoms with Gasteiger partial charge in [0.15, 0.2) is 0 Å². The van der Waals surface area contributed by atoms with E-state index in [1.165, 1.54) is 6.20 Å². The molecule has 1 aliphatic rings. The van der Waals surface area contributed by atoms with Gasteiger partial charge in [0.2, 0.25) is 0 Å². The second-order valence-corrected chi connectivity index (χ2v) is 13.9. The first-order valence-corrected chi connectivity index (χ1v) is 17.0. The molecule has 1 saturated carbocycles. The normalized spacial score (nSPS) is 17.2. The number of carbonyl (C=O) groups is 1. The smallest absolute Gasteiger partial charge is 0.333 e. The fraction of sp³-hybridized carbons (Fsp3) is 0.375. The lowest BCUT2D eigenvalue weighted by Gasteiger charge is -2.29. The average Bonchev–Trinajstić information content (AvgIpc) is 3.46. The third-order valence-corrected chi connectivity index (χ3v) is 9.72. The van der Waals surface area contributed by atoms with E-state index >= 15 is 0 Å². The lowest BCUT2D eigenvalue weighted by Crippen LogP contribution is -2.39. The van der Waals surface area contributed by atoms with Crippen molar-refractivity contribution in [2.45, 2.75) is 65.1 Å². The Morgan fingerprint density at radius 1 is 1.02 bits per heavy atom. The van der Waals surface area contributed by atoms with Crippen LogP contribution in [0.15, 0.2) is 59.5 Å². The van der Waals surface area contributed by atoms with Gasteiger partial charge in [0, 0.05) is 30.7 Å². The predicted molar refractivity (Wildman–Crippen MR) is 174 cm³/mol. The first-order valence-electron chi connectivity index (χ1n) is 15.0. The molecule has 0 radical (unpaired) electrons. The largest absolute Gasteiger partial charge is 0.349 e. The van der Waals surface area contributed by atoms with Crippen molar-refractivity contribution in [2.75, 3.05) is 5.75 Å². The Kier molecular flexibility index (Phi) is 8.55. The molecule has 3 aromatic heterocycles. The van der Waals surface area contributed by atoms with Gasteiger partial charge in [0.05, 0.1) is 50.0 Å². The lowest BCUT2D eigenvalue weighted by molar-refractivity contribution is 0.0919. The zero-order chi connectivity index (χ0) is 31.9. The summed E-state index contributed by atoms with van der Waals surface area (Å²) in [6.07, 6.45) is 5.17. The summed E-state index contributed by atoms with van der Waals surface area (Å²) < 4.78 is 36.7. The molecule has 1 fully saturated rings. The number of rotatable bonds is 9. The van der Waals surface area contributed by atoms with Gasteiger partial charge >= 0.3 is 5.69 Å². The first kappa shape index (κ1) is 31.0. The van der Waals surface area contributed by atoms with Crippen molar-refractivity contribution >= 4 is 49.6 Å². The number of nitrogens with zero attached hydrogens (tertiary/aromatic N) is 5. The van der Waals surface area contributed by atoms with Gasteiger partial charge in [-0.3, -0.25) is 28.1 Å². The summed E-state index contributed by atoms with van der Waals surface area (Å²) in [5, 5.41) is 9.01. The maximum atomic E-state index is 14.0. The summed E-state index contributed by atoms with van der Waals surface area (Å²) in [5.41, 5.74) is 5.00. The van der Waals surface area contributed by atoms with Gasteiger partial charge in [0.1, 0.15) is 0 Å². The van der Waals surface area contributed by atoms with Gasteiger partial charge in [-0.25, -0.2) is 4.79 Å². The maximum Gasteiger partial charge on any atom is 0.333 e. The van der Waals surface area contributed by atoms with Crippen LogP contribution < -0.4 is 11.0 Å². The predicted octanol–water partition coefficient (Wildman–Crippen LogP) is 5.07. The van der Waals surface area contributed by atoms with Crippen molar-refractivity contribution in [3.8, 4) is 5.69 Å². The van der Waals surface area contributed by atoms with E-state index in [0.29, 0.717) is 29.4 Å². The minimum absolute atomic E-state index is 0.0501. The monoisotopic (exact) mass is 650 g/mol. The quantitative estimate of drug-likeness (QED) is 0.212. The van der Waals surface area contributed by atoms with Crippen LogP contribution in [-0.2, 0) is 23.2 Å². The van der Waals surface area contributed by atoms with Crippen LogP contribution in [0.3, 0.4) is 0 Å². The van der Waals surface area contributed by atoms with Gasteiger partial charge < -0.3 is 5.32 Å². The Balaban J connectivity index is 1.20. The maximum absolute atomic E-state index is 14.0. The lowest BCUT2D eigenvalue weighted by atomic mass is 9.85. The molecule has 0 atom stereocenters. The summed E-state index contributed by atoms with van der Waals surface area (Å²) >= 11 is 6.06. The molecule has 0 saturated heterocycles. The minimum Gasteiger partial charge on any atom is -0.349 e. The number of carbonyl (C=O) groups excluding carboxylic acids is 1. The van der Waals surface area contributed by atoms with Gasteiger partial charge in [-0.1, -0.05) is 23.7 Å². The van der Waals surface area contributed by atoms with Crippen LogP contribution in [0, 0.1) is 19.8 Å². The van der Waals surface area contributed by atoms with Crippen LogP contribution in [0.4, 0.5) is 0 Å². The highest BCUT2D eigenvalue weighted by molar-refractivity contribution is 7.85. The number of fused-ring (bicyclic) bond motifs is 2. The van der Waals surface area contributed by atoms with E-state index in [4.69, 9.17) is 16.2 Å². The molecular weight excluding hydrogens is 616 g/mol. The highest BCUT2D eigenvalue weighted by Crippen LogP contribution is 2.29. The van der Waals surface area contributed by atoms with Gasteiger partial charge in [-0.2, -0.15) is 13.5 Å². The average molecular weight is 651 g/mol. The number of benzene rings is 2. The van der Waals surface area contributed by atoms with E-state index < -0.39 is 10.1 Å². The summed E-state index contributed by atoms with van der Waals surface area (Å²) in [5.74, 6) is -0.214. The first-order chi connectivity index (χ1) is 21.5. The molecular formula is C32H35ClN6O5S. The standard InChI is InChI=1S/C32H35ClN6O5S/c1-20-27(16-23(33)18-34-20)31(40)35-24-10-8-22(9-11-24)19-37-29-6-3-4-7-30(29)39(32(37)41)25-12-13-28-26(17-25)21(2)36-38(28)14-5-15-45(42,43)44/h3-4,6-7,12-13,16-18,22,24H,5,8-11,14-15,19H2,1-2H3,(H,35,40)(H,42,43,44)/t22-,24-. The number of pyridine rings is 1. The molecule has 11 nitrogen and oxygen atoms in total. The van der Waals surface area contributed by atoms with Crippen molar-refractivity contribution < 1.29 is 17.8 Å². The number of imidazole rings is 1. The van der Waals surface area contributed by atoms with E-state index in [-0.39, 0.29) is 35.7 Å². The van der Waals surface area contributed by atoms with Crippen molar-refractivity contribution in [2.24, 2.45) is 5.92 Å². The molecule has 45 heavy (non-hydrogen) atoms. The number of hydrogen-bond donors (Lipinski definition) is 2. The molecule has 6 rings (SSSR count). The number of aryl methyl sites for hydroxylation is 3. The zero-order valence-corrected chi connectivity index (χ0v) is 26.7. The summed E-state index contributed by atoms with van der Waals surface area (Å²) in [4.78, 5) is 31.1. The molecule has 0 aliphatic heterocycles. The summed E-state index contributed by atoms with van der Waals surface area (Å²) in [6.45, 7) is 4.59. The van der Waals surface area contributed by atoms with Gasteiger partial charge in [-0.15, -0.1) is 0 Å². The molecule has 3 heterocycles. The van der Waals surface area contributed by atoms with Crippen molar-refractivity contribution in [1.29, 1.82) is 0 Å². The van der Waals surface area contributed by atoms with Crippen LogP contribution in [0.2, 0.25) is 5.02 Å². The molecule has 0 bridgehead atoms. The Bertz CT molecular complexity index is 2080. The van der Waals surface area contributed by atoms with Crippen molar-refractivity contribution in [1.82, 2.24) is 29.2 Å². The SMILES string of the molecule is Cc1ncc(Cl)cc1C(=O)N[C@H]1CC[C@H](Cn2c(=O)n(-c3ccc4c(c3)c(C)nn4CCCS(=O)(=O)O)c3ccccc32)CC1. The van der Waals surface area contributed by atoms with E-state index in [9.17, 15) is 18.0 Å². The topological polar surface area (TPSA) is 141 Å². The molecule has 0 unspecified atom stereocenters. The molecule has 13 heteroatoms. The molecule has 5 aromatic rings. The summed E-state index contributed by atoms with van der Waals surface area (Å²) in [6, 6.07) is 15.2. The Hall–Kier alpha value is -4.00. The molecule has 236 valence electrons. The van der Waals surface area contributed by atoms with Crippen LogP contribution in [-0.4, -0.2) is 54.6 Å². The molecule has 2 aromatic carbocycles. The number of halogens is 1. The second-order valence-electron chi connectivity index (χ2n) is 11.8. The molecule has 2 N–H and O–H groups in total. The Morgan fingerprint density at radius 2 is 1.76 bits per heavy atom. The number of aromatic nitrogens is 5. The fourth-order valence-corrected chi connectivity index (χ4v) is 7.07.